The van der Waals surface area contributed by atoms with Crippen molar-refractivity contribution in [3.05, 3.63) is 21.7 Å². The van der Waals surface area contributed by atoms with Crippen LogP contribution in [0.15, 0.2) is 6.07 Å². The third kappa shape index (κ3) is 1.71. The first-order valence-corrected chi connectivity index (χ1v) is 4.24. The molecule has 0 bridgehead atoms. The number of nitrogen functional groups attached to an aromatic ring is 2. The molecule has 3 nitrogen and oxygen atoms in total. The van der Waals surface area contributed by atoms with Gasteiger partial charge in [0.15, 0.2) is 5.78 Å². The minimum atomic E-state index is -0.253. The molecule has 0 radical (unpaired) electrons. The lowest BCUT2D eigenvalue weighted by Gasteiger charge is -2.08. The Kier molecular flexibility index (Phi) is 2.68. The van der Waals surface area contributed by atoms with Gasteiger partial charge in [-0.2, -0.15) is 0 Å². The summed E-state index contributed by atoms with van der Waals surface area (Å²) in [6, 6.07) is 1.42. The Hall–Kier alpha value is -0.930. The summed E-state index contributed by atoms with van der Waals surface area (Å²) in [5.74, 6) is -0.253. The Labute approximate surface area is 85.6 Å². The first-order chi connectivity index (χ1) is 5.95. The summed E-state index contributed by atoms with van der Waals surface area (Å²) in [4.78, 5) is 11.1. The van der Waals surface area contributed by atoms with Crippen molar-refractivity contribution in [2.75, 3.05) is 11.5 Å². The molecular weight excluding hydrogens is 211 g/mol. The number of hydrogen-bond donors (Lipinski definition) is 2. The van der Waals surface area contributed by atoms with Gasteiger partial charge in [0, 0.05) is 0 Å². The van der Waals surface area contributed by atoms with Gasteiger partial charge in [-0.15, -0.1) is 0 Å². The Morgan fingerprint density at radius 3 is 2.38 bits per heavy atom. The van der Waals surface area contributed by atoms with Crippen LogP contribution in [0.4, 0.5) is 11.4 Å². The van der Waals surface area contributed by atoms with Gasteiger partial charge in [0.1, 0.15) is 0 Å². The highest BCUT2D eigenvalue weighted by molar-refractivity contribution is 6.40. The van der Waals surface area contributed by atoms with Crippen LogP contribution in [-0.4, -0.2) is 5.78 Å². The number of carbonyl (C=O) groups is 1. The Morgan fingerprint density at radius 2 is 1.92 bits per heavy atom. The molecule has 0 spiro atoms. The third-order valence-electron chi connectivity index (χ3n) is 1.63. The van der Waals surface area contributed by atoms with Crippen LogP contribution in [0.3, 0.4) is 0 Å². The van der Waals surface area contributed by atoms with Crippen molar-refractivity contribution >= 4 is 40.4 Å². The van der Waals surface area contributed by atoms with E-state index in [1.165, 1.54) is 13.0 Å². The van der Waals surface area contributed by atoms with E-state index in [1.807, 2.05) is 0 Å². The summed E-state index contributed by atoms with van der Waals surface area (Å²) in [7, 11) is 0. The molecule has 0 fully saturated rings. The highest BCUT2D eigenvalue weighted by atomic mass is 35.5. The molecule has 0 aromatic heterocycles. The third-order valence-corrected chi connectivity index (χ3v) is 2.35. The van der Waals surface area contributed by atoms with Gasteiger partial charge in [-0.05, 0) is 13.0 Å². The molecule has 0 aliphatic rings. The van der Waals surface area contributed by atoms with Crippen LogP contribution in [0.2, 0.25) is 10.0 Å². The van der Waals surface area contributed by atoms with Crippen molar-refractivity contribution in [2.45, 2.75) is 6.92 Å². The maximum Gasteiger partial charge on any atom is 0.163 e. The topological polar surface area (TPSA) is 69.1 Å². The van der Waals surface area contributed by atoms with E-state index >= 15 is 0 Å². The first kappa shape index (κ1) is 10.2. The van der Waals surface area contributed by atoms with Gasteiger partial charge >= 0.3 is 0 Å². The van der Waals surface area contributed by atoms with E-state index < -0.39 is 0 Å². The van der Waals surface area contributed by atoms with E-state index in [1.54, 1.807) is 0 Å². The fourth-order valence-corrected chi connectivity index (χ4v) is 1.51. The first-order valence-electron chi connectivity index (χ1n) is 3.49. The van der Waals surface area contributed by atoms with Crippen LogP contribution < -0.4 is 11.5 Å². The van der Waals surface area contributed by atoms with Crippen molar-refractivity contribution in [1.82, 2.24) is 0 Å². The quantitative estimate of drug-likeness (QED) is 0.562. The standard InChI is InChI=1S/C8H8Cl2N2O/c1-3(13)6-7(10)5(11)2-4(9)8(6)12/h2H,11-12H2,1H3. The van der Waals surface area contributed by atoms with Crippen LogP contribution in [0.1, 0.15) is 17.3 Å². The minimum Gasteiger partial charge on any atom is -0.397 e. The van der Waals surface area contributed by atoms with E-state index in [2.05, 4.69) is 0 Å². The lowest BCUT2D eigenvalue weighted by molar-refractivity contribution is 0.101. The minimum absolute atomic E-state index is 0.161. The maximum atomic E-state index is 11.1. The van der Waals surface area contributed by atoms with Crippen molar-refractivity contribution < 1.29 is 4.79 Å². The molecule has 0 saturated carbocycles. The monoisotopic (exact) mass is 218 g/mol. The lowest BCUT2D eigenvalue weighted by Crippen LogP contribution is -2.03. The normalized spacial score (nSPS) is 10.1. The van der Waals surface area contributed by atoms with E-state index in [0.717, 1.165) is 0 Å². The summed E-state index contributed by atoms with van der Waals surface area (Å²) < 4.78 is 0. The van der Waals surface area contributed by atoms with Crippen LogP contribution >= 0.6 is 23.2 Å². The molecule has 0 unspecified atom stereocenters. The van der Waals surface area contributed by atoms with Gasteiger partial charge in [-0.1, -0.05) is 23.2 Å². The van der Waals surface area contributed by atoms with Gasteiger partial charge in [0.2, 0.25) is 0 Å². The lowest BCUT2D eigenvalue weighted by atomic mass is 10.1. The van der Waals surface area contributed by atoms with E-state index in [4.69, 9.17) is 34.7 Å². The number of nitrogens with two attached hydrogens (primary N) is 2. The molecule has 4 N–H and O–H groups in total. The smallest absolute Gasteiger partial charge is 0.163 e. The Bertz CT molecular complexity index is 351. The predicted molar refractivity (Wildman–Crippen MR) is 55.3 cm³/mol. The second-order valence-corrected chi connectivity index (χ2v) is 3.39. The number of Topliss-reactive ketones (excluding diaryl/α,β-unsaturated/α-hetero) is 1. The summed E-state index contributed by atoms with van der Waals surface area (Å²) >= 11 is 11.5. The highest BCUT2D eigenvalue weighted by Gasteiger charge is 2.15. The molecule has 0 aliphatic carbocycles. The number of hydrogen-bond acceptors (Lipinski definition) is 3. The molecule has 0 saturated heterocycles. The van der Waals surface area contributed by atoms with Crippen molar-refractivity contribution in [1.29, 1.82) is 0 Å². The van der Waals surface area contributed by atoms with Crippen LogP contribution in [0.5, 0.6) is 0 Å². The molecule has 1 aromatic rings. The van der Waals surface area contributed by atoms with E-state index in [9.17, 15) is 4.79 Å². The fourth-order valence-electron chi connectivity index (χ4n) is 1.00. The number of ketones is 1. The van der Waals surface area contributed by atoms with Gasteiger partial charge in [-0.25, -0.2) is 0 Å². The van der Waals surface area contributed by atoms with Crippen molar-refractivity contribution in [3.8, 4) is 0 Å². The number of benzene rings is 1. The molecule has 0 amide bonds. The Balaban J connectivity index is 3.56. The summed E-state index contributed by atoms with van der Waals surface area (Å²) in [6.45, 7) is 1.35. The summed E-state index contributed by atoms with van der Waals surface area (Å²) in [5.41, 5.74) is 11.7. The highest BCUT2D eigenvalue weighted by Crippen LogP contribution is 2.34. The predicted octanol–water partition coefficient (Wildman–Crippen LogP) is 2.36. The number of rotatable bonds is 1. The SMILES string of the molecule is CC(=O)c1c(N)c(Cl)cc(N)c1Cl. The van der Waals surface area contributed by atoms with Gasteiger partial charge < -0.3 is 11.5 Å². The summed E-state index contributed by atoms with van der Waals surface area (Å²) in [5, 5.41) is 0.404. The Morgan fingerprint density at radius 1 is 1.38 bits per heavy atom. The van der Waals surface area contributed by atoms with E-state index in [0.29, 0.717) is 0 Å². The average Bonchev–Trinajstić information content (AvgIpc) is 2.01. The van der Waals surface area contributed by atoms with Gasteiger partial charge in [0.25, 0.3) is 0 Å². The molecular formula is C8H8Cl2N2O. The zero-order chi connectivity index (χ0) is 10.2. The molecule has 0 aliphatic heterocycles. The number of halogens is 2. The number of carbonyl (C=O) groups excluding carboxylic acids is 1. The maximum absolute atomic E-state index is 11.1. The molecule has 5 heteroatoms. The zero-order valence-corrected chi connectivity index (χ0v) is 8.41. The van der Waals surface area contributed by atoms with Crippen molar-refractivity contribution in [2.24, 2.45) is 0 Å². The molecule has 0 heterocycles. The second kappa shape index (κ2) is 3.44. The number of anilines is 2. The summed E-state index contributed by atoms with van der Waals surface area (Å²) in [6.07, 6.45) is 0. The molecule has 13 heavy (non-hydrogen) atoms. The largest absolute Gasteiger partial charge is 0.397 e. The van der Waals surface area contributed by atoms with Gasteiger partial charge in [-0.3, -0.25) is 4.79 Å². The van der Waals surface area contributed by atoms with Gasteiger partial charge in [0.05, 0.1) is 27.0 Å². The van der Waals surface area contributed by atoms with E-state index in [-0.39, 0.29) is 32.8 Å². The molecule has 70 valence electrons. The van der Waals surface area contributed by atoms with Crippen LogP contribution in [-0.2, 0) is 0 Å². The van der Waals surface area contributed by atoms with Crippen LogP contribution in [0, 0.1) is 0 Å². The average molecular weight is 219 g/mol. The molecule has 1 rings (SSSR count). The molecule has 1 aromatic carbocycles. The fraction of sp³-hybridized carbons (Fsp3) is 0.125. The molecule has 0 atom stereocenters. The van der Waals surface area contributed by atoms with Crippen LogP contribution in [0.25, 0.3) is 0 Å². The van der Waals surface area contributed by atoms with Crippen molar-refractivity contribution in [3.63, 3.8) is 0 Å². The zero-order valence-electron chi connectivity index (χ0n) is 6.90. The second-order valence-electron chi connectivity index (χ2n) is 2.61.